The van der Waals surface area contributed by atoms with Crippen molar-refractivity contribution in [2.24, 2.45) is 5.92 Å². The molecule has 0 spiro atoms. The number of rotatable bonds is 7. The lowest BCUT2D eigenvalue weighted by molar-refractivity contribution is -0.130. The Morgan fingerprint density at radius 3 is 2.93 bits per heavy atom. The van der Waals surface area contributed by atoms with Gasteiger partial charge in [0.25, 0.3) is 5.91 Å². The zero-order valence-corrected chi connectivity index (χ0v) is 16.6. The van der Waals surface area contributed by atoms with Crippen LogP contribution in [-0.2, 0) is 11.2 Å². The number of piperidine rings is 1. The average Bonchev–Trinajstić information content (AvgIpc) is 3.17. The van der Waals surface area contributed by atoms with Gasteiger partial charge in [-0.1, -0.05) is 11.2 Å². The van der Waals surface area contributed by atoms with Crippen LogP contribution in [0.5, 0.6) is 0 Å². The van der Waals surface area contributed by atoms with Crippen LogP contribution in [-0.4, -0.2) is 58.4 Å². The Kier molecular flexibility index (Phi) is 6.79. The fourth-order valence-corrected chi connectivity index (χ4v) is 3.59. The molecule has 0 bridgehead atoms. The van der Waals surface area contributed by atoms with Crippen molar-refractivity contribution in [1.29, 1.82) is 0 Å². The van der Waals surface area contributed by atoms with Crippen LogP contribution in [0.4, 0.5) is 0 Å². The van der Waals surface area contributed by atoms with E-state index in [1.807, 2.05) is 30.1 Å². The number of hydrogen-bond donors (Lipinski definition) is 0. The maximum atomic E-state index is 12.5. The highest BCUT2D eigenvalue weighted by Gasteiger charge is 2.26. The summed E-state index contributed by atoms with van der Waals surface area (Å²) in [5.74, 6) is 1.04. The first-order valence-corrected chi connectivity index (χ1v) is 9.89. The zero-order valence-electron chi connectivity index (χ0n) is 16.6. The Hall–Kier alpha value is -2.70. The van der Waals surface area contributed by atoms with E-state index in [4.69, 9.17) is 4.52 Å². The molecule has 1 atom stereocenters. The molecule has 3 heterocycles. The molecule has 28 heavy (non-hydrogen) atoms. The Labute approximate surface area is 165 Å². The number of hydrogen-bond acceptors (Lipinski definition) is 5. The van der Waals surface area contributed by atoms with E-state index in [0.717, 1.165) is 37.9 Å². The normalized spacial score (nSPS) is 16.8. The van der Waals surface area contributed by atoms with Crippen LogP contribution in [0.15, 0.2) is 35.0 Å². The SMILES string of the molecule is Cc1cc(C(=O)N2CCCC(CCC(=O)N(C)CCc3ccccn3)C2)no1. The minimum absolute atomic E-state index is 0.0830. The Balaban J connectivity index is 1.43. The molecule has 0 aromatic carbocycles. The first-order chi connectivity index (χ1) is 13.5. The van der Waals surface area contributed by atoms with Crippen LogP contribution in [0.2, 0.25) is 0 Å². The molecule has 0 radical (unpaired) electrons. The number of carbonyl (C=O) groups is 2. The predicted octanol–water partition coefficient (Wildman–Crippen LogP) is 2.71. The molecule has 3 rings (SSSR count). The molecule has 1 saturated heterocycles. The van der Waals surface area contributed by atoms with Crippen LogP contribution < -0.4 is 0 Å². The highest BCUT2D eigenvalue weighted by molar-refractivity contribution is 5.92. The standard InChI is InChI=1S/C21H28N4O3/c1-16-14-19(23-28-16)21(27)25-12-5-6-17(15-25)8-9-20(26)24(2)13-10-18-7-3-4-11-22-18/h3-4,7,11,14,17H,5-6,8-10,12-13,15H2,1-2H3. The van der Waals surface area contributed by atoms with Crippen molar-refractivity contribution in [3.05, 3.63) is 47.6 Å². The first kappa shape index (κ1) is 20.0. The van der Waals surface area contributed by atoms with Crippen LogP contribution in [0.3, 0.4) is 0 Å². The number of aromatic nitrogens is 2. The number of likely N-dealkylation sites (N-methyl/N-ethyl adjacent to an activating group) is 1. The van der Waals surface area contributed by atoms with E-state index in [1.165, 1.54) is 0 Å². The summed E-state index contributed by atoms with van der Waals surface area (Å²) in [5.41, 5.74) is 1.36. The summed E-state index contributed by atoms with van der Waals surface area (Å²) in [7, 11) is 1.84. The van der Waals surface area contributed by atoms with E-state index >= 15 is 0 Å². The third-order valence-electron chi connectivity index (χ3n) is 5.27. The monoisotopic (exact) mass is 384 g/mol. The molecule has 0 aliphatic carbocycles. The van der Waals surface area contributed by atoms with Gasteiger partial charge in [-0.3, -0.25) is 14.6 Å². The highest BCUT2D eigenvalue weighted by Crippen LogP contribution is 2.23. The van der Waals surface area contributed by atoms with Gasteiger partial charge in [-0.05, 0) is 44.2 Å². The quantitative estimate of drug-likeness (QED) is 0.733. The third kappa shape index (κ3) is 5.41. The molecule has 7 heteroatoms. The lowest BCUT2D eigenvalue weighted by Gasteiger charge is -2.32. The second kappa shape index (κ2) is 9.48. The van der Waals surface area contributed by atoms with Gasteiger partial charge in [0, 0.05) is 57.5 Å². The molecular weight excluding hydrogens is 356 g/mol. The van der Waals surface area contributed by atoms with E-state index in [9.17, 15) is 9.59 Å². The second-order valence-electron chi connectivity index (χ2n) is 7.51. The molecule has 2 aromatic heterocycles. The van der Waals surface area contributed by atoms with Crippen LogP contribution >= 0.6 is 0 Å². The third-order valence-corrected chi connectivity index (χ3v) is 5.27. The number of aryl methyl sites for hydroxylation is 1. The van der Waals surface area contributed by atoms with E-state index in [0.29, 0.717) is 36.9 Å². The van der Waals surface area contributed by atoms with E-state index in [2.05, 4.69) is 10.1 Å². The molecule has 0 saturated carbocycles. The Bertz CT molecular complexity index is 790. The first-order valence-electron chi connectivity index (χ1n) is 9.89. The molecule has 0 N–H and O–H groups in total. The molecule has 150 valence electrons. The number of likely N-dealkylation sites (tertiary alicyclic amines) is 1. The Morgan fingerprint density at radius 2 is 2.21 bits per heavy atom. The largest absolute Gasteiger partial charge is 0.361 e. The maximum absolute atomic E-state index is 12.5. The van der Waals surface area contributed by atoms with Crippen molar-refractivity contribution in [3.8, 4) is 0 Å². The summed E-state index contributed by atoms with van der Waals surface area (Å²) in [6.07, 6.45) is 5.84. The summed E-state index contributed by atoms with van der Waals surface area (Å²) < 4.78 is 5.01. The summed E-state index contributed by atoms with van der Waals surface area (Å²) in [6.45, 7) is 3.85. The fourth-order valence-electron chi connectivity index (χ4n) is 3.59. The average molecular weight is 384 g/mol. The molecule has 2 aromatic rings. The van der Waals surface area contributed by atoms with E-state index in [-0.39, 0.29) is 11.8 Å². The maximum Gasteiger partial charge on any atom is 0.276 e. The summed E-state index contributed by atoms with van der Waals surface area (Å²) in [5, 5.41) is 3.83. The minimum Gasteiger partial charge on any atom is -0.361 e. The van der Waals surface area contributed by atoms with Crippen molar-refractivity contribution < 1.29 is 14.1 Å². The smallest absolute Gasteiger partial charge is 0.276 e. The Morgan fingerprint density at radius 1 is 1.36 bits per heavy atom. The molecule has 1 unspecified atom stereocenters. The van der Waals surface area contributed by atoms with Gasteiger partial charge in [0.2, 0.25) is 5.91 Å². The summed E-state index contributed by atoms with van der Waals surface area (Å²) >= 11 is 0. The summed E-state index contributed by atoms with van der Waals surface area (Å²) in [6, 6.07) is 7.50. The zero-order chi connectivity index (χ0) is 19.9. The van der Waals surface area contributed by atoms with Crippen molar-refractivity contribution in [1.82, 2.24) is 19.9 Å². The molecule has 7 nitrogen and oxygen atoms in total. The van der Waals surface area contributed by atoms with Crippen LogP contribution in [0, 0.1) is 12.8 Å². The number of amides is 2. The van der Waals surface area contributed by atoms with Gasteiger partial charge in [0.15, 0.2) is 5.69 Å². The van der Waals surface area contributed by atoms with Gasteiger partial charge in [-0.15, -0.1) is 0 Å². The number of carbonyl (C=O) groups excluding carboxylic acids is 2. The van der Waals surface area contributed by atoms with Gasteiger partial charge >= 0.3 is 0 Å². The van der Waals surface area contributed by atoms with Crippen molar-refractivity contribution in [3.63, 3.8) is 0 Å². The molecule has 2 amide bonds. The number of nitrogens with zero attached hydrogens (tertiary/aromatic N) is 4. The lowest BCUT2D eigenvalue weighted by atomic mass is 9.93. The topological polar surface area (TPSA) is 79.5 Å². The van der Waals surface area contributed by atoms with Crippen LogP contribution in [0.1, 0.15) is 47.6 Å². The van der Waals surface area contributed by atoms with E-state index in [1.54, 1.807) is 24.1 Å². The molecule has 1 aliphatic heterocycles. The lowest BCUT2D eigenvalue weighted by Crippen LogP contribution is -2.40. The molecule has 1 aliphatic rings. The fraction of sp³-hybridized carbons (Fsp3) is 0.524. The second-order valence-corrected chi connectivity index (χ2v) is 7.51. The van der Waals surface area contributed by atoms with Gasteiger partial charge in [0.05, 0.1) is 0 Å². The van der Waals surface area contributed by atoms with Gasteiger partial charge in [-0.2, -0.15) is 0 Å². The summed E-state index contributed by atoms with van der Waals surface area (Å²) in [4.78, 5) is 32.9. The van der Waals surface area contributed by atoms with Gasteiger partial charge < -0.3 is 14.3 Å². The van der Waals surface area contributed by atoms with Gasteiger partial charge in [0.1, 0.15) is 5.76 Å². The number of pyridine rings is 1. The van der Waals surface area contributed by atoms with Crippen LogP contribution in [0.25, 0.3) is 0 Å². The van der Waals surface area contributed by atoms with Crippen molar-refractivity contribution >= 4 is 11.8 Å². The minimum atomic E-state index is -0.0830. The molecular formula is C21H28N4O3. The predicted molar refractivity (Wildman–Crippen MR) is 105 cm³/mol. The van der Waals surface area contributed by atoms with E-state index < -0.39 is 0 Å². The highest BCUT2D eigenvalue weighted by atomic mass is 16.5. The molecule has 1 fully saturated rings. The van der Waals surface area contributed by atoms with Crippen molar-refractivity contribution in [2.45, 2.75) is 39.0 Å². The van der Waals surface area contributed by atoms with Gasteiger partial charge in [-0.25, -0.2) is 0 Å². The van der Waals surface area contributed by atoms with Crippen molar-refractivity contribution in [2.75, 3.05) is 26.7 Å².